The molecule has 0 unspecified atom stereocenters. The first-order valence-electron chi connectivity index (χ1n) is 14.4. The Morgan fingerprint density at radius 1 is 0.805 bits per heavy atom. The van der Waals surface area contributed by atoms with Gasteiger partial charge in [-0.2, -0.15) is 0 Å². The Bertz CT molecular complexity index is 1040. The fourth-order valence-corrected chi connectivity index (χ4v) is 3.85. The van der Waals surface area contributed by atoms with Crippen LogP contribution in [0, 0.1) is 0 Å². The van der Waals surface area contributed by atoms with Crippen LogP contribution in [0.5, 0.6) is 5.75 Å². The minimum absolute atomic E-state index is 0.246. The van der Waals surface area contributed by atoms with Crippen molar-refractivity contribution in [3.8, 4) is 5.75 Å². The molecular weight excluding hydrogens is 522 g/mol. The van der Waals surface area contributed by atoms with E-state index in [0.717, 1.165) is 57.4 Å². The highest BCUT2D eigenvalue weighted by Gasteiger charge is 2.24. The SMILES string of the molecule is CC(C)(C)OC(=O)N[C@@H](Cc1ccc(OC(=O)c2ccccc2)cc1)C(=O)NCCCNCCCCNCCCN. The molecule has 0 spiro atoms. The Kier molecular flexibility index (Phi) is 15.5. The third-order valence-corrected chi connectivity index (χ3v) is 5.94. The molecule has 1 atom stereocenters. The largest absolute Gasteiger partial charge is 0.444 e. The molecule has 2 rings (SSSR count). The van der Waals surface area contributed by atoms with Crippen molar-refractivity contribution in [1.29, 1.82) is 0 Å². The summed E-state index contributed by atoms with van der Waals surface area (Å²) in [7, 11) is 0. The summed E-state index contributed by atoms with van der Waals surface area (Å²) in [6.45, 7) is 10.2. The number of benzene rings is 2. The Balaban J connectivity index is 1.82. The van der Waals surface area contributed by atoms with E-state index < -0.39 is 23.7 Å². The Labute approximate surface area is 244 Å². The van der Waals surface area contributed by atoms with Gasteiger partial charge >= 0.3 is 12.1 Å². The number of hydrogen-bond acceptors (Lipinski definition) is 8. The zero-order valence-corrected chi connectivity index (χ0v) is 24.7. The molecule has 0 radical (unpaired) electrons. The Morgan fingerprint density at radius 2 is 1.41 bits per heavy atom. The molecule has 2 aromatic carbocycles. The molecule has 0 bridgehead atoms. The van der Waals surface area contributed by atoms with Crippen molar-refractivity contribution in [2.45, 2.75) is 64.5 Å². The molecule has 0 aliphatic carbocycles. The van der Waals surface area contributed by atoms with Gasteiger partial charge in [-0.05, 0) is 109 Å². The normalized spacial score (nSPS) is 11.9. The molecule has 6 N–H and O–H groups in total. The first-order chi connectivity index (χ1) is 19.7. The lowest BCUT2D eigenvalue weighted by Gasteiger charge is -2.23. The monoisotopic (exact) mass is 569 g/mol. The van der Waals surface area contributed by atoms with E-state index in [1.165, 1.54) is 0 Å². The molecule has 0 aliphatic heterocycles. The van der Waals surface area contributed by atoms with Crippen molar-refractivity contribution >= 4 is 18.0 Å². The summed E-state index contributed by atoms with van der Waals surface area (Å²) in [4.78, 5) is 37.8. The fourth-order valence-electron chi connectivity index (χ4n) is 3.85. The molecule has 10 nitrogen and oxygen atoms in total. The number of amides is 2. The Morgan fingerprint density at radius 3 is 2.02 bits per heavy atom. The topological polar surface area (TPSA) is 144 Å². The molecule has 0 saturated carbocycles. The minimum Gasteiger partial charge on any atom is -0.444 e. The van der Waals surface area contributed by atoms with Crippen LogP contribution < -0.4 is 31.7 Å². The van der Waals surface area contributed by atoms with Gasteiger partial charge in [0.15, 0.2) is 0 Å². The number of ether oxygens (including phenoxy) is 2. The molecule has 10 heteroatoms. The van der Waals surface area contributed by atoms with Crippen LogP contribution >= 0.6 is 0 Å². The summed E-state index contributed by atoms with van der Waals surface area (Å²) in [5.74, 6) is -0.356. The number of rotatable bonds is 18. The van der Waals surface area contributed by atoms with Crippen LogP contribution in [-0.4, -0.2) is 68.9 Å². The van der Waals surface area contributed by atoms with E-state index in [4.69, 9.17) is 15.2 Å². The number of alkyl carbamates (subject to hydrolysis) is 1. The van der Waals surface area contributed by atoms with E-state index in [0.29, 0.717) is 24.4 Å². The van der Waals surface area contributed by atoms with Crippen LogP contribution in [0.25, 0.3) is 0 Å². The highest BCUT2D eigenvalue weighted by molar-refractivity contribution is 5.91. The number of esters is 1. The molecule has 0 aliphatic rings. The summed E-state index contributed by atoms with van der Waals surface area (Å²) >= 11 is 0. The van der Waals surface area contributed by atoms with Gasteiger partial charge in [-0.25, -0.2) is 9.59 Å². The van der Waals surface area contributed by atoms with Crippen molar-refractivity contribution in [3.05, 3.63) is 65.7 Å². The third kappa shape index (κ3) is 15.2. The smallest absolute Gasteiger partial charge is 0.408 e. The molecule has 0 saturated heterocycles. The predicted octanol–water partition coefficient (Wildman–Crippen LogP) is 3.16. The second-order valence-electron chi connectivity index (χ2n) is 10.8. The van der Waals surface area contributed by atoms with E-state index in [2.05, 4.69) is 21.3 Å². The van der Waals surface area contributed by atoms with Gasteiger partial charge in [-0.3, -0.25) is 4.79 Å². The number of hydrogen-bond donors (Lipinski definition) is 5. The number of carbonyl (C=O) groups is 3. The quantitative estimate of drug-likeness (QED) is 0.105. The highest BCUT2D eigenvalue weighted by Crippen LogP contribution is 2.16. The summed E-state index contributed by atoms with van der Waals surface area (Å²) in [5, 5.41) is 12.4. The van der Waals surface area contributed by atoms with Gasteiger partial charge < -0.3 is 36.5 Å². The molecule has 41 heavy (non-hydrogen) atoms. The maximum absolute atomic E-state index is 13.0. The number of nitrogens with two attached hydrogens (primary N) is 1. The zero-order valence-electron chi connectivity index (χ0n) is 24.7. The minimum atomic E-state index is -0.831. The van der Waals surface area contributed by atoms with Gasteiger partial charge in [0.25, 0.3) is 0 Å². The van der Waals surface area contributed by atoms with Crippen molar-refractivity contribution < 1.29 is 23.9 Å². The average Bonchev–Trinajstić information content (AvgIpc) is 2.93. The zero-order chi connectivity index (χ0) is 29.9. The Hall–Kier alpha value is -3.47. The van der Waals surface area contributed by atoms with Crippen molar-refractivity contribution in [1.82, 2.24) is 21.3 Å². The van der Waals surface area contributed by atoms with E-state index in [9.17, 15) is 14.4 Å². The molecule has 0 aromatic heterocycles. The first kappa shape index (κ1) is 33.7. The maximum atomic E-state index is 13.0. The summed E-state index contributed by atoms with van der Waals surface area (Å²) < 4.78 is 10.8. The van der Waals surface area contributed by atoms with Gasteiger partial charge in [0.1, 0.15) is 17.4 Å². The first-order valence-corrected chi connectivity index (χ1v) is 14.4. The van der Waals surface area contributed by atoms with Crippen molar-refractivity contribution in [3.63, 3.8) is 0 Å². The van der Waals surface area contributed by atoms with Crippen LogP contribution in [-0.2, 0) is 16.0 Å². The molecule has 0 heterocycles. The van der Waals surface area contributed by atoms with Crippen LogP contribution in [0.4, 0.5) is 4.79 Å². The number of carbonyl (C=O) groups excluding carboxylic acids is 3. The van der Waals surface area contributed by atoms with Crippen LogP contribution in [0.1, 0.15) is 62.4 Å². The van der Waals surface area contributed by atoms with Crippen molar-refractivity contribution in [2.75, 3.05) is 39.3 Å². The number of unbranched alkanes of at least 4 members (excludes halogenated alkanes) is 1. The maximum Gasteiger partial charge on any atom is 0.408 e. The van der Waals surface area contributed by atoms with Crippen LogP contribution in [0.2, 0.25) is 0 Å². The van der Waals surface area contributed by atoms with Gasteiger partial charge in [-0.1, -0.05) is 30.3 Å². The molecule has 0 fully saturated rings. The lowest BCUT2D eigenvalue weighted by molar-refractivity contribution is -0.123. The lowest BCUT2D eigenvalue weighted by atomic mass is 10.0. The fraction of sp³-hybridized carbons (Fsp3) is 0.516. The lowest BCUT2D eigenvalue weighted by Crippen LogP contribution is -2.49. The average molecular weight is 570 g/mol. The standard InChI is InChI=1S/C31H47N5O5/c1-31(2,3)41-30(39)36-27(28(37)35-22-10-21-34-19-8-7-18-33-20-9-17-32)23-24-13-15-26(16-14-24)40-29(38)25-11-5-4-6-12-25/h4-6,11-16,27,33-34H,7-10,17-23,32H2,1-3H3,(H,35,37)(H,36,39)/t27-/m0/s1. The molecular formula is C31H47N5O5. The summed E-state index contributed by atoms with van der Waals surface area (Å²) in [6.07, 6.45) is 3.52. The second kappa shape index (κ2) is 18.8. The van der Waals surface area contributed by atoms with Gasteiger partial charge in [0, 0.05) is 13.0 Å². The predicted molar refractivity (Wildman–Crippen MR) is 161 cm³/mol. The van der Waals surface area contributed by atoms with Crippen LogP contribution in [0.3, 0.4) is 0 Å². The highest BCUT2D eigenvalue weighted by atomic mass is 16.6. The van der Waals surface area contributed by atoms with E-state index in [1.54, 1.807) is 69.3 Å². The molecule has 2 amide bonds. The van der Waals surface area contributed by atoms with E-state index in [-0.39, 0.29) is 12.3 Å². The summed E-state index contributed by atoms with van der Waals surface area (Å²) in [6, 6.07) is 14.8. The van der Waals surface area contributed by atoms with Crippen molar-refractivity contribution in [2.24, 2.45) is 5.73 Å². The third-order valence-electron chi connectivity index (χ3n) is 5.94. The number of nitrogens with one attached hydrogen (secondary N) is 4. The summed E-state index contributed by atoms with van der Waals surface area (Å²) in [5.41, 5.74) is 6.04. The van der Waals surface area contributed by atoms with Gasteiger partial charge in [0.2, 0.25) is 5.91 Å². The van der Waals surface area contributed by atoms with E-state index in [1.807, 2.05) is 6.07 Å². The van der Waals surface area contributed by atoms with E-state index >= 15 is 0 Å². The molecule has 2 aromatic rings. The van der Waals surface area contributed by atoms with Gasteiger partial charge in [0.05, 0.1) is 5.56 Å². The van der Waals surface area contributed by atoms with Gasteiger partial charge in [-0.15, -0.1) is 0 Å². The van der Waals surface area contributed by atoms with Crippen LogP contribution in [0.15, 0.2) is 54.6 Å². The molecule has 226 valence electrons. The second-order valence-corrected chi connectivity index (χ2v) is 10.8.